The highest BCUT2D eigenvalue weighted by molar-refractivity contribution is 7.88. The molecule has 1 aromatic heterocycles. The van der Waals surface area contributed by atoms with Crippen molar-refractivity contribution in [1.82, 2.24) is 9.62 Å². The Hall–Kier alpha value is -2.03. The SMILES string of the molecule is CS(=O)(=O)NC1CCN(C(=O)/C=C/c2ccc(-c3ccc(F)cc3)s2)CC1. The van der Waals surface area contributed by atoms with Crippen molar-refractivity contribution in [2.45, 2.75) is 18.9 Å². The molecule has 2 aromatic rings. The number of thiophene rings is 1. The number of nitrogens with zero attached hydrogens (tertiary/aromatic N) is 1. The first-order valence-electron chi connectivity index (χ1n) is 8.60. The van der Waals surface area contributed by atoms with Crippen molar-refractivity contribution in [2.24, 2.45) is 0 Å². The zero-order chi connectivity index (χ0) is 19.4. The van der Waals surface area contributed by atoms with Gasteiger partial charge in [-0.1, -0.05) is 12.1 Å². The highest BCUT2D eigenvalue weighted by Crippen LogP contribution is 2.29. The van der Waals surface area contributed by atoms with Crippen LogP contribution in [0.3, 0.4) is 0 Å². The molecule has 0 aliphatic carbocycles. The van der Waals surface area contributed by atoms with Gasteiger partial charge in [0, 0.05) is 35.0 Å². The minimum Gasteiger partial charge on any atom is -0.339 e. The predicted molar refractivity (Wildman–Crippen MR) is 106 cm³/mol. The summed E-state index contributed by atoms with van der Waals surface area (Å²) in [6, 6.07) is 10.1. The number of hydrogen-bond donors (Lipinski definition) is 1. The van der Waals surface area contributed by atoms with E-state index < -0.39 is 10.0 Å². The van der Waals surface area contributed by atoms with Crippen LogP contribution < -0.4 is 4.72 Å². The predicted octanol–water partition coefficient (Wildman–Crippen LogP) is 3.11. The Labute approximate surface area is 162 Å². The van der Waals surface area contributed by atoms with E-state index in [9.17, 15) is 17.6 Å². The molecule has 1 amide bonds. The van der Waals surface area contributed by atoms with Gasteiger partial charge in [-0.05, 0) is 48.7 Å². The quantitative estimate of drug-likeness (QED) is 0.773. The van der Waals surface area contributed by atoms with E-state index >= 15 is 0 Å². The third-order valence-corrected chi connectivity index (χ3v) is 6.19. The summed E-state index contributed by atoms with van der Waals surface area (Å²) in [7, 11) is -3.22. The first kappa shape index (κ1) is 19.7. The molecule has 1 N–H and O–H groups in total. The smallest absolute Gasteiger partial charge is 0.246 e. The van der Waals surface area contributed by atoms with Gasteiger partial charge in [-0.3, -0.25) is 4.79 Å². The van der Waals surface area contributed by atoms with Crippen LogP contribution in [0.15, 0.2) is 42.5 Å². The number of hydrogen-bond acceptors (Lipinski definition) is 4. The molecule has 0 unspecified atom stereocenters. The van der Waals surface area contributed by atoms with Crippen LogP contribution in [0, 0.1) is 5.82 Å². The van der Waals surface area contributed by atoms with Crippen molar-refractivity contribution in [3.8, 4) is 10.4 Å². The van der Waals surface area contributed by atoms with Crippen LogP contribution in [0.4, 0.5) is 4.39 Å². The van der Waals surface area contributed by atoms with Gasteiger partial charge in [0.1, 0.15) is 5.82 Å². The molecule has 8 heteroatoms. The number of sulfonamides is 1. The van der Waals surface area contributed by atoms with E-state index in [4.69, 9.17) is 0 Å². The van der Waals surface area contributed by atoms with Gasteiger partial charge in [0.05, 0.1) is 6.26 Å². The van der Waals surface area contributed by atoms with Crippen LogP contribution in [0.2, 0.25) is 0 Å². The van der Waals surface area contributed by atoms with Crippen molar-refractivity contribution >= 4 is 33.3 Å². The number of benzene rings is 1. The van der Waals surface area contributed by atoms with E-state index in [1.54, 1.807) is 29.2 Å². The van der Waals surface area contributed by atoms with E-state index in [0.717, 1.165) is 21.6 Å². The maximum atomic E-state index is 13.0. The molecule has 1 saturated heterocycles. The number of nitrogens with one attached hydrogen (secondary N) is 1. The Morgan fingerprint density at radius 3 is 2.48 bits per heavy atom. The van der Waals surface area contributed by atoms with Gasteiger partial charge in [0.2, 0.25) is 15.9 Å². The Kier molecular flexibility index (Phi) is 6.08. The molecule has 1 aliphatic rings. The fourth-order valence-corrected chi connectivity index (χ4v) is 4.75. The lowest BCUT2D eigenvalue weighted by atomic mass is 10.1. The maximum Gasteiger partial charge on any atom is 0.246 e. The standard InChI is InChI=1S/C19H21FN2O3S2/c1-27(24,25)21-16-10-12-22(13-11-16)19(23)9-7-17-6-8-18(26-17)14-2-4-15(20)5-3-14/h2-9,16,21H,10-13H2,1H3/b9-7+. The monoisotopic (exact) mass is 408 g/mol. The average molecular weight is 409 g/mol. The van der Waals surface area contributed by atoms with E-state index in [2.05, 4.69) is 4.72 Å². The van der Waals surface area contributed by atoms with Crippen LogP contribution in [-0.4, -0.2) is 44.6 Å². The lowest BCUT2D eigenvalue weighted by molar-refractivity contribution is -0.126. The summed E-state index contributed by atoms with van der Waals surface area (Å²) in [5.74, 6) is -0.346. The van der Waals surface area contributed by atoms with Gasteiger partial charge < -0.3 is 4.90 Å². The molecule has 144 valence electrons. The number of amides is 1. The fraction of sp³-hybridized carbons (Fsp3) is 0.316. The van der Waals surface area contributed by atoms with Gasteiger partial charge in [0.15, 0.2) is 0 Å². The Morgan fingerprint density at radius 2 is 1.85 bits per heavy atom. The number of carbonyl (C=O) groups is 1. The van der Waals surface area contributed by atoms with E-state index in [1.165, 1.54) is 23.5 Å². The molecule has 1 aliphatic heterocycles. The molecule has 0 bridgehead atoms. The van der Waals surface area contributed by atoms with Gasteiger partial charge in [0.25, 0.3) is 0 Å². The lowest BCUT2D eigenvalue weighted by Gasteiger charge is -2.31. The summed E-state index contributed by atoms with van der Waals surface area (Å²) >= 11 is 1.53. The largest absolute Gasteiger partial charge is 0.339 e. The number of likely N-dealkylation sites (tertiary alicyclic amines) is 1. The van der Waals surface area contributed by atoms with Crippen molar-refractivity contribution in [3.05, 3.63) is 53.2 Å². The van der Waals surface area contributed by atoms with Gasteiger partial charge in [-0.15, -0.1) is 11.3 Å². The molecule has 0 radical (unpaired) electrons. The molecule has 27 heavy (non-hydrogen) atoms. The minimum absolute atomic E-state index is 0.0791. The third-order valence-electron chi connectivity index (χ3n) is 4.33. The fourth-order valence-electron chi connectivity index (χ4n) is 2.99. The second kappa shape index (κ2) is 8.33. The second-order valence-corrected chi connectivity index (χ2v) is 9.43. The van der Waals surface area contributed by atoms with Crippen LogP contribution in [0.1, 0.15) is 17.7 Å². The second-order valence-electron chi connectivity index (χ2n) is 6.53. The number of carbonyl (C=O) groups excluding carboxylic acids is 1. The van der Waals surface area contributed by atoms with Gasteiger partial charge in [-0.2, -0.15) is 0 Å². The topological polar surface area (TPSA) is 66.5 Å². The van der Waals surface area contributed by atoms with Crippen LogP contribution in [0.25, 0.3) is 16.5 Å². The minimum atomic E-state index is -3.22. The first-order chi connectivity index (χ1) is 12.8. The Morgan fingerprint density at radius 1 is 1.19 bits per heavy atom. The zero-order valence-electron chi connectivity index (χ0n) is 14.9. The van der Waals surface area contributed by atoms with Crippen LogP contribution in [-0.2, 0) is 14.8 Å². The molecule has 0 spiro atoms. The summed E-state index contributed by atoms with van der Waals surface area (Å²) in [5.41, 5.74) is 0.938. The number of piperidine rings is 1. The summed E-state index contributed by atoms with van der Waals surface area (Å²) < 4.78 is 38.2. The van der Waals surface area contributed by atoms with Crippen molar-refractivity contribution in [3.63, 3.8) is 0 Å². The molecular weight excluding hydrogens is 387 g/mol. The van der Waals surface area contributed by atoms with Crippen LogP contribution >= 0.6 is 11.3 Å². The molecule has 3 rings (SSSR count). The van der Waals surface area contributed by atoms with E-state index in [-0.39, 0.29) is 17.8 Å². The van der Waals surface area contributed by atoms with E-state index in [0.29, 0.717) is 25.9 Å². The third kappa shape index (κ3) is 5.72. The van der Waals surface area contributed by atoms with Crippen molar-refractivity contribution < 1.29 is 17.6 Å². The molecule has 1 fully saturated rings. The normalized spacial score (nSPS) is 16.1. The van der Waals surface area contributed by atoms with Crippen molar-refractivity contribution in [2.75, 3.05) is 19.3 Å². The molecule has 5 nitrogen and oxygen atoms in total. The summed E-state index contributed by atoms with van der Waals surface area (Å²) in [6.07, 6.45) is 5.70. The highest BCUT2D eigenvalue weighted by atomic mass is 32.2. The Balaban J connectivity index is 1.56. The van der Waals surface area contributed by atoms with E-state index in [1.807, 2.05) is 12.1 Å². The molecular formula is C19H21FN2O3S2. The van der Waals surface area contributed by atoms with Crippen LogP contribution in [0.5, 0.6) is 0 Å². The molecule has 0 saturated carbocycles. The number of halogens is 1. The zero-order valence-corrected chi connectivity index (χ0v) is 16.5. The van der Waals surface area contributed by atoms with Gasteiger partial charge >= 0.3 is 0 Å². The maximum absolute atomic E-state index is 13.0. The summed E-state index contributed by atoms with van der Waals surface area (Å²) in [5, 5.41) is 0. The average Bonchev–Trinajstić information content (AvgIpc) is 3.08. The molecule has 1 aromatic carbocycles. The summed E-state index contributed by atoms with van der Waals surface area (Å²) in [4.78, 5) is 16.0. The summed E-state index contributed by atoms with van der Waals surface area (Å²) in [6.45, 7) is 1.06. The highest BCUT2D eigenvalue weighted by Gasteiger charge is 2.23. The molecule has 0 atom stereocenters. The first-order valence-corrected chi connectivity index (χ1v) is 11.3. The Bertz CT molecular complexity index is 928. The molecule has 2 heterocycles. The van der Waals surface area contributed by atoms with Gasteiger partial charge in [-0.25, -0.2) is 17.5 Å². The van der Waals surface area contributed by atoms with Crippen molar-refractivity contribution in [1.29, 1.82) is 0 Å². The lowest BCUT2D eigenvalue weighted by Crippen LogP contribution is -2.45. The number of rotatable bonds is 5.